The molecular weight excluding hydrogens is 404 g/mol. The van der Waals surface area contributed by atoms with E-state index in [0.717, 1.165) is 16.6 Å². The Kier molecular flexibility index (Phi) is 4.90. The van der Waals surface area contributed by atoms with Gasteiger partial charge in [-0.2, -0.15) is 5.26 Å². The third-order valence-corrected chi connectivity index (χ3v) is 5.09. The highest BCUT2D eigenvalue weighted by Gasteiger charge is 2.23. The summed E-state index contributed by atoms with van der Waals surface area (Å²) >= 11 is 0. The van der Waals surface area contributed by atoms with Crippen molar-refractivity contribution in [3.8, 4) is 17.6 Å². The van der Waals surface area contributed by atoms with Crippen molar-refractivity contribution in [1.82, 2.24) is 19.9 Å². The standard InChI is InChI=1S/C24H16N6O2/c25-14-17-10-4-5-11-18(17)15-30-20-13-7-6-12-19(20)26-23(30)21-22(29-32-28-21)27-24(31)16-8-2-1-3-9-16/h1-13H,15H2,(H,27,29,31). The molecule has 1 amide bonds. The summed E-state index contributed by atoms with van der Waals surface area (Å²) in [6.45, 7) is 0.387. The van der Waals surface area contributed by atoms with E-state index in [1.54, 1.807) is 30.3 Å². The van der Waals surface area contributed by atoms with Crippen LogP contribution in [0, 0.1) is 11.3 Å². The smallest absolute Gasteiger partial charge is 0.256 e. The van der Waals surface area contributed by atoms with Crippen molar-refractivity contribution in [2.45, 2.75) is 6.54 Å². The molecule has 0 aliphatic carbocycles. The average molecular weight is 420 g/mol. The van der Waals surface area contributed by atoms with E-state index in [1.165, 1.54) is 0 Å². The Morgan fingerprint density at radius 1 is 0.969 bits per heavy atom. The number of benzene rings is 3. The van der Waals surface area contributed by atoms with Crippen LogP contribution in [0.3, 0.4) is 0 Å². The van der Waals surface area contributed by atoms with E-state index in [2.05, 4.69) is 21.7 Å². The SMILES string of the molecule is N#Cc1ccccc1Cn1c(-c2nonc2NC(=O)c2ccccc2)nc2ccccc21. The lowest BCUT2D eigenvalue weighted by Gasteiger charge is -2.10. The molecule has 154 valence electrons. The average Bonchev–Trinajstić information content (AvgIpc) is 3.44. The van der Waals surface area contributed by atoms with Gasteiger partial charge in [0.25, 0.3) is 5.91 Å². The fraction of sp³-hybridized carbons (Fsp3) is 0.0417. The number of anilines is 1. The van der Waals surface area contributed by atoms with Gasteiger partial charge in [-0.1, -0.05) is 48.5 Å². The van der Waals surface area contributed by atoms with E-state index in [9.17, 15) is 10.1 Å². The van der Waals surface area contributed by atoms with Crippen molar-refractivity contribution in [2.75, 3.05) is 5.32 Å². The van der Waals surface area contributed by atoms with Crippen LogP contribution in [0.15, 0.2) is 83.5 Å². The maximum absolute atomic E-state index is 12.6. The minimum atomic E-state index is -0.333. The van der Waals surface area contributed by atoms with Gasteiger partial charge >= 0.3 is 0 Å². The monoisotopic (exact) mass is 420 g/mol. The van der Waals surface area contributed by atoms with Crippen LogP contribution in [0.25, 0.3) is 22.6 Å². The Labute approximate surface area is 182 Å². The van der Waals surface area contributed by atoms with E-state index in [1.807, 2.05) is 53.1 Å². The van der Waals surface area contributed by atoms with Crippen molar-refractivity contribution in [1.29, 1.82) is 5.26 Å². The van der Waals surface area contributed by atoms with Gasteiger partial charge < -0.3 is 9.88 Å². The molecule has 0 aliphatic rings. The van der Waals surface area contributed by atoms with Gasteiger partial charge in [0.05, 0.1) is 29.2 Å². The number of nitrogens with one attached hydrogen (secondary N) is 1. The van der Waals surface area contributed by atoms with E-state index in [4.69, 9.17) is 9.61 Å². The van der Waals surface area contributed by atoms with Gasteiger partial charge in [0, 0.05) is 5.56 Å². The van der Waals surface area contributed by atoms with Gasteiger partial charge in [0.2, 0.25) is 5.82 Å². The first-order valence-corrected chi connectivity index (χ1v) is 9.87. The highest BCUT2D eigenvalue weighted by atomic mass is 16.6. The highest BCUT2D eigenvalue weighted by Crippen LogP contribution is 2.29. The quantitative estimate of drug-likeness (QED) is 0.455. The van der Waals surface area contributed by atoms with Crippen molar-refractivity contribution in [3.05, 3.63) is 95.6 Å². The Morgan fingerprint density at radius 3 is 2.56 bits per heavy atom. The second-order valence-corrected chi connectivity index (χ2v) is 7.06. The minimum Gasteiger partial charge on any atom is -0.318 e. The largest absolute Gasteiger partial charge is 0.318 e. The first-order chi connectivity index (χ1) is 15.7. The summed E-state index contributed by atoms with van der Waals surface area (Å²) in [6.07, 6.45) is 0. The van der Waals surface area contributed by atoms with Gasteiger partial charge in [-0.15, -0.1) is 0 Å². The lowest BCUT2D eigenvalue weighted by atomic mass is 10.1. The van der Waals surface area contributed by atoms with Crippen LogP contribution in [-0.4, -0.2) is 25.8 Å². The first kappa shape index (κ1) is 19.2. The third kappa shape index (κ3) is 3.48. The molecule has 0 saturated carbocycles. The number of fused-ring (bicyclic) bond motifs is 1. The molecule has 0 unspecified atom stereocenters. The number of aromatic nitrogens is 4. The molecule has 8 heteroatoms. The number of hydrogen-bond donors (Lipinski definition) is 1. The number of imidazole rings is 1. The highest BCUT2D eigenvalue weighted by molar-refractivity contribution is 6.05. The number of rotatable bonds is 5. The number of hydrogen-bond acceptors (Lipinski definition) is 6. The van der Waals surface area contributed by atoms with Gasteiger partial charge in [0.15, 0.2) is 11.5 Å². The van der Waals surface area contributed by atoms with Gasteiger partial charge in [-0.25, -0.2) is 9.61 Å². The molecule has 2 aromatic heterocycles. The second-order valence-electron chi connectivity index (χ2n) is 7.06. The predicted molar refractivity (Wildman–Crippen MR) is 118 cm³/mol. The maximum Gasteiger partial charge on any atom is 0.256 e. The van der Waals surface area contributed by atoms with Crippen LogP contribution < -0.4 is 5.32 Å². The molecule has 0 saturated heterocycles. The normalized spacial score (nSPS) is 10.7. The van der Waals surface area contributed by atoms with Crippen LogP contribution in [0.2, 0.25) is 0 Å². The zero-order valence-corrected chi connectivity index (χ0v) is 16.8. The van der Waals surface area contributed by atoms with Crippen molar-refractivity contribution in [3.63, 3.8) is 0 Å². The second kappa shape index (κ2) is 8.16. The summed E-state index contributed by atoms with van der Waals surface area (Å²) in [5.74, 6) is 0.313. The van der Waals surface area contributed by atoms with E-state index >= 15 is 0 Å². The van der Waals surface area contributed by atoms with Crippen LogP contribution in [0.1, 0.15) is 21.5 Å². The third-order valence-electron chi connectivity index (χ3n) is 5.09. The summed E-state index contributed by atoms with van der Waals surface area (Å²) in [6, 6.07) is 26.1. The molecule has 0 aliphatic heterocycles. The predicted octanol–water partition coefficient (Wildman–Crippen LogP) is 4.26. The zero-order chi connectivity index (χ0) is 21.9. The minimum absolute atomic E-state index is 0.170. The molecular formula is C24H16N6O2. The Hall–Kier alpha value is -4.77. The van der Waals surface area contributed by atoms with Crippen LogP contribution >= 0.6 is 0 Å². The number of carbonyl (C=O) groups is 1. The molecule has 1 N–H and O–H groups in total. The molecule has 5 aromatic rings. The summed E-state index contributed by atoms with van der Waals surface area (Å²) in [7, 11) is 0. The molecule has 0 radical (unpaired) electrons. The maximum atomic E-state index is 12.6. The fourth-order valence-electron chi connectivity index (χ4n) is 3.54. The molecule has 0 atom stereocenters. The molecule has 8 nitrogen and oxygen atoms in total. The van der Waals surface area contributed by atoms with Crippen molar-refractivity contribution < 1.29 is 9.42 Å². The lowest BCUT2D eigenvalue weighted by Crippen LogP contribution is -2.13. The van der Waals surface area contributed by atoms with Crippen molar-refractivity contribution in [2.24, 2.45) is 0 Å². The number of amides is 1. The zero-order valence-electron chi connectivity index (χ0n) is 16.8. The molecule has 2 heterocycles. The van der Waals surface area contributed by atoms with E-state index in [0.29, 0.717) is 29.2 Å². The molecule has 3 aromatic carbocycles. The summed E-state index contributed by atoms with van der Waals surface area (Å²) in [5, 5.41) is 20.2. The number of carbonyl (C=O) groups excluding carboxylic acids is 1. The molecule has 32 heavy (non-hydrogen) atoms. The van der Waals surface area contributed by atoms with Crippen LogP contribution in [0.5, 0.6) is 0 Å². The summed E-state index contributed by atoms with van der Waals surface area (Å²) < 4.78 is 6.90. The molecule has 5 rings (SSSR count). The molecule has 0 fully saturated rings. The van der Waals surface area contributed by atoms with Crippen molar-refractivity contribution >= 4 is 22.8 Å². The Morgan fingerprint density at radius 2 is 1.72 bits per heavy atom. The number of nitriles is 1. The Bertz CT molecular complexity index is 1460. The lowest BCUT2D eigenvalue weighted by molar-refractivity contribution is 0.102. The first-order valence-electron chi connectivity index (χ1n) is 9.87. The van der Waals surface area contributed by atoms with E-state index in [-0.39, 0.29) is 11.7 Å². The number of nitrogens with zero attached hydrogens (tertiary/aromatic N) is 5. The van der Waals surface area contributed by atoms with Gasteiger partial charge in [-0.3, -0.25) is 4.79 Å². The number of para-hydroxylation sites is 2. The van der Waals surface area contributed by atoms with Crippen LogP contribution in [-0.2, 0) is 6.54 Å². The summed E-state index contributed by atoms with van der Waals surface area (Å²) in [5.41, 5.74) is 3.81. The Balaban J connectivity index is 1.59. The topological polar surface area (TPSA) is 110 Å². The van der Waals surface area contributed by atoms with Gasteiger partial charge in [0.1, 0.15) is 0 Å². The van der Waals surface area contributed by atoms with Gasteiger partial charge in [-0.05, 0) is 46.2 Å². The fourth-order valence-corrected chi connectivity index (χ4v) is 3.54. The van der Waals surface area contributed by atoms with Crippen LogP contribution in [0.4, 0.5) is 5.82 Å². The summed E-state index contributed by atoms with van der Waals surface area (Å²) in [4.78, 5) is 17.4. The molecule has 0 spiro atoms. The van der Waals surface area contributed by atoms with E-state index < -0.39 is 0 Å². The molecule has 0 bridgehead atoms.